The van der Waals surface area contributed by atoms with Crippen LogP contribution in [0, 0.1) is 0 Å². The molecule has 3 nitrogen and oxygen atoms in total. The van der Waals surface area contributed by atoms with Crippen molar-refractivity contribution in [2.24, 2.45) is 0 Å². The van der Waals surface area contributed by atoms with E-state index in [0.717, 1.165) is 11.3 Å². The van der Waals surface area contributed by atoms with Gasteiger partial charge in [0.05, 0.1) is 16.9 Å². The van der Waals surface area contributed by atoms with E-state index in [0.29, 0.717) is 0 Å². The number of methoxy groups -OCH3 is 1. The van der Waals surface area contributed by atoms with Gasteiger partial charge >= 0.3 is 0 Å². The summed E-state index contributed by atoms with van der Waals surface area (Å²) in [5.41, 5.74) is 0.769. The lowest BCUT2D eigenvalue weighted by Crippen LogP contribution is -2.02. The Hall–Kier alpha value is -2.33. The zero-order chi connectivity index (χ0) is 15.3. The molecule has 0 aliphatic heterocycles. The van der Waals surface area contributed by atoms with Crippen LogP contribution in [0.4, 0.5) is 0 Å². The van der Waals surface area contributed by atoms with Crippen LogP contribution in [0.25, 0.3) is 6.08 Å². The molecule has 0 heterocycles. The zero-order valence-corrected chi connectivity index (χ0v) is 12.5. The summed E-state index contributed by atoms with van der Waals surface area (Å²) < 4.78 is 30.1. The van der Waals surface area contributed by atoms with Gasteiger partial charge in [0, 0.05) is 0 Å². The third kappa shape index (κ3) is 3.41. The van der Waals surface area contributed by atoms with E-state index in [1.165, 1.54) is 6.08 Å². The van der Waals surface area contributed by atoms with Crippen molar-refractivity contribution in [3.8, 4) is 5.75 Å². The van der Waals surface area contributed by atoms with E-state index in [1.54, 1.807) is 67.8 Å². The Kier molecular flexibility index (Phi) is 4.60. The number of sulfone groups is 1. The molecule has 0 unspecified atom stereocenters. The van der Waals surface area contributed by atoms with Gasteiger partial charge in [-0.3, -0.25) is 0 Å². The van der Waals surface area contributed by atoms with Crippen molar-refractivity contribution in [3.63, 3.8) is 0 Å². The van der Waals surface area contributed by atoms with Gasteiger partial charge < -0.3 is 4.74 Å². The zero-order valence-electron chi connectivity index (χ0n) is 11.7. The van der Waals surface area contributed by atoms with Gasteiger partial charge in [-0.15, -0.1) is 0 Å². The maximum Gasteiger partial charge on any atom is 0.206 e. The van der Waals surface area contributed by atoms with Gasteiger partial charge in [0.15, 0.2) is 0 Å². The molecule has 0 aromatic heterocycles. The maximum absolute atomic E-state index is 12.5. The Morgan fingerprint density at radius 2 is 1.67 bits per heavy atom. The number of allylic oxidation sites excluding steroid dienone is 1. The third-order valence-corrected chi connectivity index (χ3v) is 4.79. The molecule has 0 N–H and O–H groups in total. The Bertz CT molecular complexity index is 742. The minimum Gasteiger partial charge on any atom is -0.497 e. The summed E-state index contributed by atoms with van der Waals surface area (Å²) in [6.07, 6.45) is 2.95. The summed E-state index contributed by atoms with van der Waals surface area (Å²) in [7, 11) is -1.97. The van der Waals surface area contributed by atoms with E-state index in [4.69, 9.17) is 4.74 Å². The van der Waals surface area contributed by atoms with Gasteiger partial charge in [0.25, 0.3) is 0 Å². The van der Waals surface area contributed by atoms with Crippen LogP contribution in [0.15, 0.2) is 77.1 Å². The molecule has 21 heavy (non-hydrogen) atoms. The minimum absolute atomic E-state index is 0.166. The van der Waals surface area contributed by atoms with Gasteiger partial charge in [-0.1, -0.05) is 43.0 Å². The summed E-state index contributed by atoms with van der Waals surface area (Å²) in [5, 5.41) is 0. The number of benzene rings is 2. The first-order chi connectivity index (χ1) is 10.1. The van der Waals surface area contributed by atoms with Gasteiger partial charge in [0.1, 0.15) is 5.75 Å². The Balaban J connectivity index is 2.43. The summed E-state index contributed by atoms with van der Waals surface area (Å²) in [4.78, 5) is 0.420. The van der Waals surface area contributed by atoms with E-state index < -0.39 is 9.84 Å². The second-order valence-electron chi connectivity index (χ2n) is 4.34. The quantitative estimate of drug-likeness (QED) is 0.791. The first kappa shape index (κ1) is 15.1. The molecule has 0 radical (unpaired) electrons. The molecule has 0 amide bonds. The van der Waals surface area contributed by atoms with Gasteiger partial charge in [-0.05, 0) is 35.9 Å². The van der Waals surface area contributed by atoms with Crippen LogP contribution >= 0.6 is 0 Å². The number of hydrogen-bond acceptors (Lipinski definition) is 3. The highest BCUT2D eigenvalue weighted by Gasteiger charge is 2.17. The van der Waals surface area contributed by atoms with Crippen molar-refractivity contribution in [1.29, 1.82) is 0 Å². The van der Waals surface area contributed by atoms with Crippen molar-refractivity contribution >= 4 is 15.9 Å². The molecule has 108 valence electrons. The highest BCUT2D eigenvalue weighted by Crippen LogP contribution is 2.23. The SMILES string of the molecule is C=C/C(=C\c1ccc(OC)cc1)S(=O)(=O)c1ccccc1. The average Bonchev–Trinajstić information content (AvgIpc) is 2.53. The largest absolute Gasteiger partial charge is 0.497 e. The molecule has 0 aliphatic carbocycles. The number of rotatable bonds is 5. The molecular weight excluding hydrogens is 284 g/mol. The summed E-state index contributed by atoms with van der Waals surface area (Å²) in [6.45, 7) is 3.61. The van der Waals surface area contributed by atoms with Crippen LogP contribution in [-0.2, 0) is 9.84 Å². The molecule has 0 bridgehead atoms. The standard InChI is InChI=1S/C17H16O3S/c1-3-16(13-14-9-11-15(20-2)12-10-14)21(18,19)17-7-5-4-6-8-17/h3-13H,1H2,2H3/b16-13+. The molecule has 0 fully saturated rings. The fraction of sp³-hybridized carbons (Fsp3) is 0.0588. The molecule has 0 saturated heterocycles. The second-order valence-corrected chi connectivity index (χ2v) is 6.29. The van der Waals surface area contributed by atoms with E-state index >= 15 is 0 Å². The fourth-order valence-electron chi connectivity index (χ4n) is 1.85. The van der Waals surface area contributed by atoms with Gasteiger partial charge in [-0.2, -0.15) is 0 Å². The molecule has 2 rings (SSSR count). The van der Waals surface area contributed by atoms with Crippen molar-refractivity contribution in [2.75, 3.05) is 7.11 Å². The van der Waals surface area contributed by atoms with E-state index in [2.05, 4.69) is 6.58 Å². The summed E-state index contributed by atoms with van der Waals surface area (Å²) in [6, 6.07) is 15.5. The molecular formula is C17H16O3S. The Morgan fingerprint density at radius 3 is 2.19 bits per heavy atom. The first-order valence-corrected chi connectivity index (χ1v) is 7.84. The molecule has 0 atom stereocenters. The Morgan fingerprint density at radius 1 is 1.05 bits per heavy atom. The fourth-order valence-corrected chi connectivity index (χ4v) is 3.14. The highest BCUT2D eigenvalue weighted by molar-refractivity contribution is 7.95. The maximum atomic E-state index is 12.5. The van der Waals surface area contributed by atoms with E-state index in [1.807, 2.05) is 0 Å². The lowest BCUT2D eigenvalue weighted by Gasteiger charge is -2.06. The molecule has 4 heteroatoms. The smallest absolute Gasteiger partial charge is 0.206 e. The van der Waals surface area contributed by atoms with Crippen molar-refractivity contribution in [3.05, 3.63) is 77.7 Å². The predicted octanol–water partition coefficient (Wildman–Crippen LogP) is 3.70. The lowest BCUT2D eigenvalue weighted by atomic mass is 10.2. The van der Waals surface area contributed by atoms with Crippen LogP contribution in [0.1, 0.15) is 5.56 Å². The lowest BCUT2D eigenvalue weighted by molar-refractivity contribution is 0.415. The van der Waals surface area contributed by atoms with Crippen LogP contribution in [0.2, 0.25) is 0 Å². The Labute approximate surface area is 125 Å². The summed E-state index contributed by atoms with van der Waals surface area (Å²) in [5.74, 6) is 0.721. The molecule has 0 saturated carbocycles. The van der Waals surface area contributed by atoms with E-state index in [-0.39, 0.29) is 9.80 Å². The second kappa shape index (κ2) is 6.41. The topological polar surface area (TPSA) is 43.4 Å². The van der Waals surface area contributed by atoms with Crippen molar-refractivity contribution in [2.45, 2.75) is 4.90 Å². The molecule has 2 aromatic rings. The molecule has 2 aromatic carbocycles. The minimum atomic E-state index is -3.55. The van der Waals surface area contributed by atoms with Crippen molar-refractivity contribution in [1.82, 2.24) is 0 Å². The molecule has 0 aliphatic rings. The first-order valence-electron chi connectivity index (χ1n) is 6.36. The van der Waals surface area contributed by atoms with Crippen LogP contribution < -0.4 is 4.74 Å². The van der Waals surface area contributed by atoms with E-state index in [9.17, 15) is 8.42 Å². The number of hydrogen-bond donors (Lipinski definition) is 0. The monoisotopic (exact) mass is 300 g/mol. The van der Waals surface area contributed by atoms with Crippen LogP contribution in [0.3, 0.4) is 0 Å². The van der Waals surface area contributed by atoms with Crippen LogP contribution in [0.5, 0.6) is 5.75 Å². The normalized spacial score (nSPS) is 12.0. The third-order valence-electron chi connectivity index (χ3n) is 2.99. The summed E-state index contributed by atoms with van der Waals surface area (Å²) >= 11 is 0. The highest BCUT2D eigenvalue weighted by atomic mass is 32.2. The average molecular weight is 300 g/mol. The van der Waals surface area contributed by atoms with Gasteiger partial charge in [0.2, 0.25) is 9.84 Å². The van der Waals surface area contributed by atoms with Crippen LogP contribution in [-0.4, -0.2) is 15.5 Å². The number of ether oxygens (including phenoxy) is 1. The van der Waals surface area contributed by atoms with Crippen molar-refractivity contribution < 1.29 is 13.2 Å². The van der Waals surface area contributed by atoms with Gasteiger partial charge in [-0.25, -0.2) is 8.42 Å². The molecule has 0 spiro atoms. The predicted molar refractivity (Wildman–Crippen MR) is 84.8 cm³/mol.